The summed E-state index contributed by atoms with van der Waals surface area (Å²) >= 11 is 2.50. The predicted octanol–water partition coefficient (Wildman–Crippen LogP) is 1.02. The molecule has 2 aliphatic heterocycles. The number of rotatable bonds is 10. The van der Waals surface area contributed by atoms with Crippen molar-refractivity contribution in [2.45, 2.75) is 67.3 Å². The Hall–Kier alpha value is -2.58. The van der Waals surface area contributed by atoms with E-state index in [1.807, 2.05) is 0 Å². The van der Waals surface area contributed by atoms with Gasteiger partial charge in [-0.3, -0.25) is 19.3 Å². The highest BCUT2D eigenvalue weighted by atomic mass is 32.2. The van der Waals surface area contributed by atoms with Gasteiger partial charge in [-0.2, -0.15) is 4.98 Å². The molecule has 3 amide bonds. The largest absolute Gasteiger partial charge is 0.477 e. The van der Waals surface area contributed by atoms with Gasteiger partial charge >= 0.3 is 5.97 Å². The first-order valence-corrected chi connectivity index (χ1v) is 13.2. The van der Waals surface area contributed by atoms with Crippen LogP contribution in [0.5, 0.6) is 0 Å². The number of nitrogens with one attached hydrogen (secondary N) is 2. The number of hydrogen-bond acceptors (Lipinski definition) is 10. The van der Waals surface area contributed by atoms with Crippen molar-refractivity contribution in [3.8, 4) is 0 Å². The van der Waals surface area contributed by atoms with Crippen molar-refractivity contribution in [1.29, 1.82) is 0 Å². The lowest BCUT2D eigenvalue weighted by molar-refractivity contribution is -0.192. The maximum absolute atomic E-state index is 13.3. The number of nitrogens with zero attached hydrogens (tertiary/aromatic N) is 3. The minimum Gasteiger partial charge on any atom is -0.477 e. The number of carboxylic acid groups (broad SMARTS) is 1. The molecule has 1 aliphatic carbocycles. The van der Waals surface area contributed by atoms with Gasteiger partial charge in [-0.15, -0.1) is 11.8 Å². The first-order chi connectivity index (χ1) is 16.7. The molecular weight excluding hydrogens is 498 g/mol. The highest BCUT2D eigenvalue weighted by molar-refractivity contribution is 8.01. The third-order valence-corrected chi connectivity index (χ3v) is 8.79. The first kappa shape index (κ1) is 25.5. The minimum absolute atomic E-state index is 0.00856. The average molecular weight is 526 g/mol. The lowest BCUT2D eigenvalue weighted by Gasteiger charge is -2.56. The Kier molecular flexibility index (Phi) is 7.43. The molecule has 3 aliphatic rings. The molecule has 12 nitrogen and oxygen atoms in total. The fraction of sp³-hybridized carbons (Fsp3) is 0.619. The lowest BCUT2D eigenvalue weighted by atomic mass is 9.79. The zero-order valence-electron chi connectivity index (χ0n) is 19.4. The standard InChI is InChI=1S/C21H27N5O7S2/c1-12-23-19(33-25-12)35-10-13-9-34-18-21(32-2,17(31)26(18)15(13)16(29)30)24-14(28)8-20(22-11-27)6-4-3-5-7-20/h11,18H,3-10H2,1-2H3,(H,22,27)(H,24,28)(H,29,30)/t18?,21-/m0/s1. The van der Waals surface area contributed by atoms with Gasteiger partial charge in [0.1, 0.15) is 11.1 Å². The third kappa shape index (κ3) is 4.78. The number of β-lactam (4-membered cyclic amide) rings is 1. The quantitative estimate of drug-likeness (QED) is 0.173. The number of aromatic nitrogens is 2. The molecule has 0 radical (unpaired) electrons. The number of hydrogen-bond donors (Lipinski definition) is 3. The maximum Gasteiger partial charge on any atom is 0.352 e. The zero-order valence-corrected chi connectivity index (χ0v) is 21.0. The van der Waals surface area contributed by atoms with E-state index in [9.17, 15) is 24.3 Å². The average Bonchev–Trinajstić information content (AvgIpc) is 3.25. The van der Waals surface area contributed by atoms with Crippen molar-refractivity contribution in [2.24, 2.45) is 0 Å². The van der Waals surface area contributed by atoms with E-state index in [0.29, 0.717) is 41.6 Å². The number of aryl methyl sites for hydroxylation is 1. The molecular formula is C21H27N5O7S2. The molecule has 3 heterocycles. The molecule has 0 bridgehead atoms. The second-order valence-electron chi connectivity index (χ2n) is 8.76. The van der Waals surface area contributed by atoms with Crippen LogP contribution in [0.15, 0.2) is 21.0 Å². The SMILES string of the molecule is CO[C@@]1(NC(=O)CC2(NC=O)CCCCC2)C(=O)N2C(C(=O)O)=C(CSc3nc(C)no3)CSC21. The molecule has 1 aromatic heterocycles. The van der Waals surface area contributed by atoms with Crippen LogP contribution in [0.4, 0.5) is 0 Å². The van der Waals surface area contributed by atoms with Crippen LogP contribution >= 0.6 is 23.5 Å². The van der Waals surface area contributed by atoms with Crippen LogP contribution in [-0.4, -0.2) is 79.6 Å². The molecule has 2 fully saturated rings. The molecule has 1 unspecified atom stereocenters. The number of aliphatic carboxylic acids is 1. The second-order valence-corrected chi connectivity index (χ2v) is 10.8. The predicted molar refractivity (Wildman–Crippen MR) is 125 cm³/mol. The molecule has 1 saturated heterocycles. The number of methoxy groups -OCH3 is 1. The maximum atomic E-state index is 13.3. The Labute approximate surface area is 210 Å². The molecule has 14 heteroatoms. The van der Waals surface area contributed by atoms with E-state index in [0.717, 1.165) is 24.2 Å². The van der Waals surface area contributed by atoms with E-state index >= 15 is 0 Å². The van der Waals surface area contributed by atoms with Gasteiger partial charge in [0.2, 0.25) is 12.3 Å². The summed E-state index contributed by atoms with van der Waals surface area (Å²) in [5, 5.41) is 18.7. The van der Waals surface area contributed by atoms with Crippen LogP contribution in [0.25, 0.3) is 0 Å². The van der Waals surface area contributed by atoms with Crippen molar-refractivity contribution in [2.75, 3.05) is 18.6 Å². The van der Waals surface area contributed by atoms with Crippen molar-refractivity contribution < 1.29 is 33.5 Å². The summed E-state index contributed by atoms with van der Waals surface area (Å²) < 4.78 is 10.6. The fourth-order valence-electron chi connectivity index (χ4n) is 4.82. The monoisotopic (exact) mass is 525 g/mol. The van der Waals surface area contributed by atoms with Crippen LogP contribution in [0.2, 0.25) is 0 Å². The first-order valence-electron chi connectivity index (χ1n) is 11.2. The number of carbonyl (C=O) groups excluding carboxylic acids is 3. The van der Waals surface area contributed by atoms with Gasteiger partial charge in [-0.25, -0.2) is 4.79 Å². The Bertz CT molecular complexity index is 1050. The van der Waals surface area contributed by atoms with Gasteiger partial charge in [0.05, 0.1) is 0 Å². The molecule has 3 N–H and O–H groups in total. The van der Waals surface area contributed by atoms with E-state index in [-0.39, 0.29) is 17.9 Å². The number of amides is 3. The van der Waals surface area contributed by atoms with Crippen LogP contribution in [0.1, 0.15) is 44.3 Å². The summed E-state index contributed by atoms with van der Waals surface area (Å²) in [7, 11) is 1.31. The molecule has 35 heavy (non-hydrogen) atoms. The van der Waals surface area contributed by atoms with Gasteiger partial charge in [0.25, 0.3) is 16.9 Å². The van der Waals surface area contributed by atoms with Crippen molar-refractivity contribution in [1.82, 2.24) is 25.7 Å². The topological polar surface area (TPSA) is 164 Å². The smallest absolute Gasteiger partial charge is 0.352 e. The van der Waals surface area contributed by atoms with Gasteiger partial charge in [0, 0.05) is 30.6 Å². The Morgan fingerprint density at radius 3 is 2.71 bits per heavy atom. The summed E-state index contributed by atoms with van der Waals surface area (Å²) in [6, 6.07) is 0. The Morgan fingerprint density at radius 2 is 2.11 bits per heavy atom. The summed E-state index contributed by atoms with van der Waals surface area (Å²) in [6.45, 7) is 1.68. The normalized spacial score (nSPS) is 25.5. The fourth-order valence-corrected chi connectivity index (χ4v) is 7.22. The molecule has 190 valence electrons. The molecule has 0 aromatic carbocycles. The molecule has 1 aromatic rings. The number of fused-ring (bicyclic) bond motifs is 1. The van der Waals surface area contributed by atoms with E-state index in [4.69, 9.17) is 9.26 Å². The number of carboxylic acids is 1. The van der Waals surface area contributed by atoms with Crippen molar-refractivity contribution >= 4 is 47.7 Å². The van der Waals surface area contributed by atoms with E-state index < -0.39 is 34.4 Å². The Balaban J connectivity index is 1.50. The van der Waals surface area contributed by atoms with Crippen LogP contribution in [-0.2, 0) is 23.9 Å². The van der Waals surface area contributed by atoms with Crippen LogP contribution in [0.3, 0.4) is 0 Å². The van der Waals surface area contributed by atoms with E-state index in [1.54, 1.807) is 6.92 Å². The van der Waals surface area contributed by atoms with Gasteiger partial charge in [-0.1, -0.05) is 36.2 Å². The zero-order chi connectivity index (χ0) is 25.2. The summed E-state index contributed by atoms with van der Waals surface area (Å²) in [5.41, 5.74) is -1.94. The van der Waals surface area contributed by atoms with E-state index in [2.05, 4.69) is 20.8 Å². The number of thioether (sulfide) groups is 2. The highest BCUT2D eigenvalue weighted by Gasteiger charge is 2.66. The van der Waals surface area contributed by atoms with Gasteiger partial charge < -0.3 is 25.0 Å². The highest BCUT2D eigenvalue weighted by Crippen LogP contribution is 2.47. The third-order valence-electron chi connectivity index (χ3n) is 6.51. The number of ether oxygens (including phenoxy) is 1. The summed E-state index contributed by atoms with van der Waals surface area (Å²) in [5.74, 6) is -1.30. The molecule has 0 spiro atoms. The summed E-state index contributed by atoms with van der Waals surface area (Å²) in [6.07, 6.45) is 4.78. The van der Waals surface area contributed by atoms with Crippen molar-refractivity contribution in [3.63, 3.8) is 0 Å². The van der Waals surface area contributed by atoms with E-state index in [1.165, 1.54) is 30.6 Å². The van der Waals surface area contributed by atoms with Gasteiger partial charge in [0.15, 0.2) is 5.82 Å². The van der Waals surface area contributed by atoms with Crippen LogP contribution < -0.4 is 10.6 Å². The number of carbonyl (C=O) groups is 4. The van der Waals surface area contributed by atoms with Gasteiger partial charge in [-0.05, 0) is 25.3 Å². The van der Waals surface area contributed by atoms with Crippen LogP contribution in [0, 0.1) is 6.92 Å². The lowest BCUT2D eigenvalue weighted by Crippen LogP contribution is -2.81. The molecule has 1 saturated carbocycles. The Morgan fingerprint density at radius 1 is 1.37 bits per heavy atom. The second kappa shape index (κ2) is 10.2. The van der Waals surface area contributed by atoms with Crippen molar-refractivity contribution in [3.05, 3.63) is 17.1 Å². The molecule has 4 rings (SSSR count). The minimum atomic E-state index is -1.68. The summed E-state index contributed by atoms with van der Waals surface area (Å²) in [4.78, 5) is 54.9. The molecule has 2 atom stereocenters.